The van der Waals surface area contributed by atoms with E-state index in [9.17, 15) is 9.59 Å². The summed E-state index contributed by atoms with van der Waals surface area (Å²) in [6.45, 7) is 6.80. The summed E-state index contributed by atoms with van der Waals surface area (Å²) in [4.78, 5) is 28.4. The zero-order chi connectivity index (χ0) is 20.7. The molecule has 0 saturated heterocycles. The summed E-state index contributed by atoms with van der Waals surface area (Å²) in [5.74, 6) is -0.120. The Morgan fingerprint density at radius 1 is 1.07 bits per heavy atom. The van der Waals surface area contributed by atoms with Crippen molar-refractivity contribution in [1.29, 1.82) is 0 Å². The molecule has 1 amide bonds. The topological polar surface area (TPSA) is 59.8 Å². The van der Waals surface area contributed by atoms with Crippen molar-refractivity contribution in [3.8, 4) is 0 Å². The number of hydrogen-bond donors (Lipinski definition) is 0. The SMILES string of the molecule is CCc1ccc(C2c3c(oc4cc(C)c(C)cc4c3=O)C(=O)N2CCOC)cc1. The molecule has 1 aliphatic heterocycles. The maximum absolute atomic E-state index is 13.5. The normalized spacial score (nSPS) is 15.9. The van der Waals surface area contributed by atoms with Crippen molar-refractivity contribution >= 4 is 16.9 Å². The monoisotopic (exact) mass is 391 g/mol. The standard InChI is InChI=1S/C24H25NO4/c1-5-16-6-8-17(9-7-16)21-20-22(26)18-12-14(2)15(3)13-19(18)29-23(20)24(27)25(21)10-11-28-4/h6-9,12-13,21H,5,10-11H2,1-4H3. The predicted octanol–water partition coefficient (Wildman–Crippen LogP) is 4.16. The molecular weight excluding hydrogens is 366 g/mol. The van der Waals surface area contributed by atoms with Gasteiger partial charge in [0, 0.05) is 13.7 Å². The average molecular weight is 391 g/mol. The summed E-state index contributed by atoms with van der Waals surface area (Å²) in [6.07, 6.45) is 0.930. The number of carbonyl (C=O) groups excluding carboxylic acids is 1. The van der Waals surface area contributed by atoms with Gasteiger partial charge in [-0.3, -0.25) is 9.59 Å². The van der Waals surface area contributed by atoms with E-state index >= 15 is 0 Å². The van der Waals surface area contributed by atoms with E-state index in [1.807, 2.05) is 50.2 Å². The second-order valence-electron chi connectivity index (χ2n) is 7.60. The van der Waals surface area contributed by atoms with Crippen molar-refractivity contribution < 1.29 is 13.9 Å². The first-order valence-corrected chi connectivity index (χ1v) is 9.93. The van der Waals surface area contributed by atoms with Gasteiger partial charge in [-0.2, -0.15) is 0 Å². The lowest BCUT2D eigenvalue weighted by molar-refractivity contribution is 0.0663. The van der Waals surface area contributed by atoms with Crippen LogP contribution in [0.2, 0.25) is 0 Å². The molecule has 1 atom stereocenters. The molecule has 2 heterocycles. The molecule has 0 fully saturated rings. The minimum Gasteiger partial charge on any atom is -0.450 e. The second-order valence-corrected chi connectivity index (χ2v) is 7.60. The number of ether oxygens (including phenoxy) is 1. The van der Waals surface area contributed by atoms with Gasteiger partial charge in [-0.25, -0.2) is 0 Å². The number of hydrogen-bond acceptors (Lipinski definition) is 4. The van der Waals surface area contributed by atoms with Gasteiger partial charge >= 0.3 is 0 Å². The molecule has 0 bridgehead atoms. The Hall–Kier alpha value is -2.92. The quantitative estimate of drug-likeness (QED) is 0.655. The molecule has 2 aromatic carbocycles. The molecule has 0 aliphatic carbocycles. The first-order chi connectivity index (χ1) is 14.0. The van der Waals surface area contributed by atoms with Crippen molar-refractivity contribution in [2.24, 2.45) is 0 Å². The van der Waals surface area contributed by atoms with E-state index in [4.69, 9.17) is 9.15 Å². The summed E-state index contributed by atoms with van der Waals surface area (Å²) in [7, 11) is 1.60. The van der Waals surface area contributed by atoms with Gasteiger partial charge in [-0.15, -0.1) is 0 Å². The summed E-state index contributed by atoms with van der Waals surface area (Å²) >= 11 is 0. The Bertz CT molecular complexity index is 1140. The van der Waals surface area contributed by atoms with E-state index in [0.29, 0.717) is 29.7 Å². The molecular formula is C24H25NO4. The number of benzene rings is 2. The van der Waals surface area contributed by atoms with Crippen LogP contribution in [0.4, 0.5) is 0 Å². The van der Waals surface area contributed by atoms with Crippen LogP contribution in [0.25, 0.3) is 11.0 Å². The lowest BCUT2D eigenvalue weighted by Crippen LogP contribution is -2.32. The Kier molecular flexibility index (Phi) is 5.01. The third-order valence-electron chi connectivity index (χ3n) is 5.82. The minimum atomic E-state index is -0.471. The Labute approximate surface area is 169 Å². The third kappa shape index (κ3) is 3.15. The van der Waals surface area contributed by atoms with Gasteiger partial charge in [0.05, 0.1) is 23.6 Å². The zero-order valence-electron chi connectivity index (χ0n) is 17.2. The molecule has 0 radical (unpaired) electrons. The molecule has 5 nitrogen and oxygen atoms in total. The predicted molar refractivity (Wildman–Crippen MR) is 113 cm³/mol. The van der Waals surface area contributed by atoms with Crippen molar-refractivity contribution in [1.82, 2.24) is 4.90 Å². The van der Waals surface area contributed by atoms with E-state index in [2.05, 4.69) is 6.92 Å². The van der Waals surface area contributed by atoms with Crippen molar-refractivity contribution in [2.75, 3.05) is 20.3 Å². The van der Waals surface area contributed by atoms with Crippen LogP contribution in [0.5, 0.6) is 0 Å². The number of methoxy groups -OCH3 is 1. The first kappa shape index (κ1) is 19.4. The molecule has 1 aliphatic rings. The van der Waals surface area contributed by atoms with Gasteiger partial charge in [0.1, 0.15) is 5.58 Å². The molecule has 3 aromatic rings. The average Bonchev–Trinajstić information content (AvgIpc) is 3.00. The van der Waals surface area contributed by atoms with E-state index in [0.717, 1.165) is 23.1 Å². The summed E-state index contributed by atoms with van der Waals surface area (Å²) in [5, 5.41) is 0.517. The van der Waals surface area contributed by atoms with Gasteiger partial charge in [0.15, 0.2) is 5.43 Å². The van der Waals surface area contributed by atoms with Crippen molar-refractivity contribution in [3.63, 3.8) is 0 Å². The Morgan fingerprint density at radius 3 is 2.41 bits per heavy atom. The fraction of sp³-hybridized carbons (Fsp3) is 0.333. The van der Waals surface area contributed by atoms with Crippen LogP contribution in [-0.4, -0.2) is 31.1 Å². The van der Waals surface area contributed by atoms with Gasteiger partial charge in [0.2, 0.25) is 5.76 Å². The number of fused-ring (bicyclic) bond motifs is 2. The molecule has 29 heavy (non-hydrogen) atoms. The highest BCUT2D eigenvalue weighted by Crippen LogP contribution is 2.38. The van der Waals surface area contributed by atoms with Crippen LogP contribution in [0, 0.1) is 13.8 Å². The summed E-state index contributed by atoms with van der Waals surface area (Å²) in [6, 6.07) is 11.3. The molecule has 1 aromatic heterocycles. The fourth-order valence-corrected chi connectivity index (χ4v) is 3.98. The highest BCUT2D eigenvalue weighted by molar-refractivity contribution is 5.99. The lowest BCUT2D eigenvalue weighted by Gasteiger charge is -2.25. The fourth-order valence-electron chi connectivity index (χ4n) is 3.98. The number of amides is 1. The number of carbonyl (C=O) groups is 1. The van der Waals surface area contributed by atoms with Crippen LogP contribution < -0.4 is 5.43 Å². The molecule has 5 heteroatoms. The van der Waals surface area contributed by atoms with Gasteiger partial charge < -0.3 is 14.1 Å². The number of aryl methyl sites for hydroxylation is 3. The molecule has 0 N–H and O–H groups in total. The lowest BCUT2D eigenvalue weighted by atomic mass is 9.96. The Balaban J connectivity index is 1.95. The van der Waals surface area contributed by atoms with E-state index in [1.165, 1.54) is 5.56 Å². The van der Waals surface area contributed by atoms with Crippen LogP contribution in [0.1, 0.15) is 51.3 Å². The van der Waals surface area contributed by atoms with Gasteiger partial charge in [0.25, 0.3) is 5.91 Å². The maximum Gasteiger partial charge on any atom is 0.290 e. The number of rotatable bonds is 5. The third-order valence-corrected chi connectivity index (χ3v) is 5.82. The molecule has 0 saturated carbocycles. The maximum atomic E-state index is 13.5. The van der Waals surface area contributed by atoms with Crippen molar-refractivity contribution in [2.45, 2.75) is 33.2 Å². The molecule has 0 spiro atoms. The minimum absolute atomic E-state index is 0.137. The second kappa shape index (κ2) is 7.48. The van der Waals surface area contributed by atoms with Crippen LogP contribution in [0.15, 0.2) is 45.6 Å². The van der Waals surface area contributed by atoms with E-state index in [-0.39, 0.29) is 17.1 Å². The zero-order valence-corrected chi connectivity index (χ0v) is 17.2. The highest BCUT2D eigenvalue weighted by Gasteiger charge is 2.42. The molecule has 4 rings (SSSR count). The smallest absolute Gasteiger partial charge is 0.290 e. The van der Waals surface area contributed by atoms with Gasteiger partial charge in [-0.05, 0) is 54.7 Å². The first-order valence-electron chi connectivity index (χ1n) is 9.93. The van der Waals surface area contributed by atoms with Crippen LogP contribution in [-0.2, 0) is 11.2 Å². The molecule has 150 valence electrons. The highest BCUT2D eigenvalue weighted by atomic mass is 16.5. The van der Waals surface area contributed by atoms with Gasteiger partial charge in [-0.1, -0.05) is 31.2 Å². The van der Waals surface area contributed by atoms with E-state index < -0.39 is 6.04 Å². The van der Waals surface area contributed by atoms with E-state index in [1.54, 1.807) is 12.0 Å². The van der Waals surface area contributed by atoms with Crippen LogP contribution >= 0.6 is 0 Å². The largest absolute Gasteiger partial charge is 0.450 e. The number of nitrogens with zero attached hydrogens (tertiary/aromatic N) is 1. The Morgan fingerprint density at radius 2 is 1.76 bits per heavy atom. The van der Waals surface area contributed by atoms with Crippen LogP contribution in [0.3, 0.4) is 0 Å². The molecule has 1 unspecified atom stereocenters. The summed E-state index contributed by atoms with van der Waals surface area (Å²) < 4.78 is 11.2. The summed E-state index contributed by atoms with van der Waals surface area (Å²) in [5.41, 5.74) is 4.90. The van der Waals surface area contributed by atoms with Crippen molar-refractivity contribution in [3.05, 3.63) is 80.2 Å².